The molecule has 1 aliphatic rings. The van der Waals surface area contributed by atoms with Crippen molar-refractivity contribution in [2.75, 3.05) is 0 Å². The lowest BCUT2D eigenvalue weighted by Gasteiger charge is -2.25. The summed E-state index contributed by atoms with van der Waals surface area (Å²) in [5, 5.41) is 0. The molecule has 0 aromatic heterocycles. The first kappa shape index (κ1) is 10.6. The van der Waals surface area contributed by atoms with E-state index in [0.717, 1.165) is 24.8 Å². The van der Waals surface area contributed by atoms with Crippen LogP contribution in [0.1, 0.15) is 42.7 Å². The summed E-state index contributed by atoms with van der Waals surface area (Å²) in [7, 11) is 0. The van der Waals surface area contributed by atoms with Gasteiger partial charge in [-0.05, 0) is 42.7 Å². The lowest BCUT2D eigenvalue weighted by Crippen LogP contribution is -2.15. The van der Waals surface area contributed by atoms with E-state index in [1.807, 2.05) is 12.1 Å². The number of alkyl halides is 1. The molecule has 1 aliphatic carbocycles. The third-order valence-corrected chi connectivity index (χ3v) is 3.27. The van der Waals surface area contributed by atoms with Crippen molar-refractivity contribution >= 4 is 0 Å². The first-order valence-corrected chi connectivity index (χ1v) is 5.72. The van der Waals surface area contributed by atoms with Gasteiger partial charge in [0.2, 0.25) is 0 Å². The van der Waals surface area contributed by atoms with Crippen molar-refractivity contribution in [2.45, 2.75) is 44.3 Å². The normalized spacial score (nSPS) is 26.5. The lowest BCUT2D eigenvalue weighted by atomic mass is 9.83. The Hall–Kier alpha value is -0.890. The van der Waals surface area contributed by atoms with Crippen LogP contribution in [0, 0.1) is 0 Å². The molecule has 2 N–H and O–H groups in total. The third-order valence-electron chi connectivity index (χ3n) is 3.27. The zero-order valence-electron chi connectivity index (χ0n) is 8.95. The Balaban J connectivity index is 2.13. The predicted molar refractivity (Wildman–Crippen MR) is 60.4 cm³/mol. The van der Waals surface area contributed by atoms with E-state index in [2.05, 4.69) is 12.1 Å². The van der Waals surface area contributed by atoms with Gasteiger partial charge in [0.15, 0.2) is 0 Å². The number of hydrogen-bond donors (Lipinski definition) is 1. The summed E-state index contributed by atoms with van der Waals surface area (Å²) in [6.07, 6.45) is 2.96. The molecule has 0 bridgehead atoms. The molecule has 15 heavy (non-hydrogen) atoms. The molecule has 0 heterocycles. The molecule has 1 fully saturated rings. The van der Waals surface area contributed by atoms with E-state index in [9.17, 15) is 4.39 Å². The Bertz CT molecular complexity index is 324. The molecule has 2 atom stereocenters. The van der Waals surface area contributed by atoms with Crippen molar-refractivity contribution in [1.29, 1.82) is 0 Å². The van der Waals surface area contributed by atoms with Crippen LogP contribution in [0.25, 0.3) is 0 Å². The van der Waals surface area contributed by atoms with E-state index >= 15 is 0 Å². The van der Waals surface area contributed by atoms with Gasteiger partial charge in [0, 0.05) is 6.54 Å². The minimum atomic E-state index is -0.606. The maximum atomic E-state index is 13.3. The second-order valence-corrected chi connectivity index (χ2v) is 4.41. The van der Waals surface area contributed by atoms with Crippen LogP contribution in [-0.2, 0) is 6.54 Å². The fraction of sp³-hybridized carbons (Fsp3) is 0.538. The molecule has 0 spiro atoms. The Kier molecular flexibility index (Phi) is 3.37. The summed E-state index contributed by atoms with van der Waals surface area (Å²) in [6.45, 7) is 0.569. The highest BCUT2D eigenvalue weighted by Gasteiger charge is 2.22. The van der Waals surface area contributed by atoms with E-state index < -0.39 is 6.17 Å². The molecule has 82 valence electrons. The van der Waals surface area contributed by atoms with Gasteiger partial charge in [-0.3, -0.25) is 0 Å². The number of benzene rings is 1. The summed E-state index contributed by atoms with van der Waals surface area (Å²) >= 11 is 0. The first-order chi connectivity index (χ1) is 7.29. The summed E-state index contributed by atoms with van der Waals surface area (Å²) in [5.41, 5.74) is 8.01. The molecule has 1 aromatic carbocycles. The van der Waals surface area contributed by atoms with E-state index in [4.69, 9.17) is 5.73 Å². The molecule has 1 saturated carbocycles. The highest BCUT2D eigenvalue weighted by molar-refractivity contribution is 5.26. The zero-order valence-corrected chi connectivity index (χ0v) is 8.95. The quantitative estimate of drug-likeness (QED) is 0.792. The second-order valence-electron chi connectivity index (χ2n) is 4.41. The van der Waals surface area contributed by atoms with Crippen LogP contribution in [0.15, 0.2) is 24.3 Å². The van der Waals surface area contributed by atoms with E-state index in [1.165, 1.54) is 5.56 Å². The fourth-order valence-corrected chi connectivity index (χ4v) is 2.41. The van der Waals surface area contributed by atoms with Gasteiger partial charge in [-0.25, -0.2) is 4.39 Å². The van der Waals surface area contributed by atoms with Crippen molar-refractivity contribution < 1.29 is 4.39 Å². The van der Waals surface area contributed by atoms with Gasteiger partial charge >= 0.3 is 0 Å². The van der Waals surface area contributed by atoms with Crippen molar-refractivity contribution in [1.82, 2.24) is 0 Å². The first-order valence-electron chi connectivity index (χ1n) is 5.72. The molecule has 1 aromatic rings. The highest BCUT2D eigenvalue weighted by Crippen LogP contribution is 2.34. The lowest BCUT2D eigenvalue weighted by molar-refractivity contribution is 0.231. The molecular weight excluding hydrogens is 189 g/mol. The van der Waals surface area contributed by atoms with Crippen molar-refractivity contribution in [3.63, 3.8) is 0 Å². The fourth-order valence-electron chi connectivity index (χ4n) is 2.41. The Morgan fingerprint density at radius 3 is 2.93 bits per heavy atom. The maximum absolute atomic E-state index is 13.3. The molecule has 0 radical (unpaired) electrons. The topological polar surface area (TPSA) is 26.0 Å². The molecular formula is C13H18FN. The molecule has 2 rings (SSSR count). The second kappa shape index (κ2) is 4.75. The largest absolute Gasteiger partial charge is 0.326 e. The minimum absolute atomic E-state index is 0.403. The van der Waals surface area contributed by atoms with Crippen molar-refractivity contribution in [2.24, 2.45) is 5.73 Å². The SMILES string of the molecule is NCc1cccc(C2CCCC(F)C2)c1. The van der Waals surface area contributed by atoms with Gasteiger partial charge < -0.3 is 5.73 Å². The summed E-state index contributed by atoms with van der Waals surface area (Å²) < 4.78 is 13.3. The van der Waals surface area contributed by atoms with Gasteiger partial charge in [0.25, 0.3) is 0 Å². The summed E-state index contributed by atoms with van der Waals surface area (Å²) in [6, 6.07) is 8.28. The maximum Gasteiger partial charge on any atom is 0.101 e. The van der Waals surface area contributed by atoms with Gasteiger partial charge in [-0.1, -0.05) is 24.3 Å². The molecule has 0 amide bonds. The van der Waals surface area contributed by atoms with E-state index in [0.29, 0.717) is 18.9 Å². The molecule has 0 saturated heterocycles. The Morgan fingerprint density at radius 2 is 2.20 bits per heavy atom. The molecule has 2 unspecified atom stereocenters. The predicted octanol–water partition coefficient (Wildman–Crippen LogP) is 3.14. The molecule has 1 nitrogen and oxygen atoms in total. The standard InChI is InChI=1S/C13H18FN/c14-13-6-2-5-12(8-13)11-4-1-3-10(7-11)9-15/h1,3-4,7,12-13H,2,5-6,8-9,15H2. The van der Waals surface area contributed by atoms with Crippen LogP contribution in [0.3, 0.4) is 0 Å². The smallest absolute Gasteiger partial charge is 0.101 e. The van der Waals surface area contributed by atoms with Crippen LogP contribution >= 0.6 is 0 Å². The number of rotatable bonds is 2. The van der Waals surface area contributed by atoms with Crippen LogP contribution in [0.2, 0.25) is 0 Å². The highest BCUT2D eigenvalue weighted by atomic mass is 19.1. The zero-order chi connectivity index (χ0) is 10.7. The Morgan fingerprint density at radius 1 is 1.33 bits per heavy atom. The average molecular weight is 207 g/mol. The van der Waals surface area contributed by atoms with E-state index in [-0.39, 0.29) is 0 Å². The Labute approximate surface area is 90.5 Å². The van der Waals surface area contributed by atoms with Crippen LogP contribution < -0.4 is 5.73 Å². The molecule has 0 aliphatic heterocycles. The minimum Gasteiger partial charge on any atom is -0.326 e. The van der Waals surface area contributed by atoms with Gasteiger partial charge in [-0.2, -0.15) is 0 Å². The van der Waals surface area contributed by atoms with Crippen LogP contribution in [-0.4, -0.2) is 6.17 Å². The monoisotopic (exact) mass is 207 g/mol. The summed E-state index contributed by atoms with van der Waals surface area (Å²) in [5.74, 6) is 0.403. The van der Waals surface area contributed by atoms with Gasteiger partial charge in [0.05, 0.1) is 0 Å². The molecule has 2 heteroatoms. The number of hydrogen-bond acceptors (Lipinski definition) is 1. The van der Waals surface area contributed by atoms with Gasteiger partial charge in [-0.15, -0.1) is 0 Å². The number of nitrogens with two attached hydrogens (primary N) is 1. The van der Waals surface area contributed by atoms with Crippen LogP contribution in [0.5, 0.6) is 0 Å². The number of halogens is 1. The van der Waals surface area contributed by atoms with Crippen molar-refractivity contribution in [3.8, 4) is 0 Å². The average Bonchev–Trinajstić information content (AvgIpc) is 2.29. The van der Waals surface area contributed by atoms with E-state index in [1.54, 1.807) is 0 Å². The van der Waals surface area contributed by atoms with Gasteiger partial charge in [0.1, 0.15) is 6.17 Å². The van der Waals surface area contributed by atoms with Crippen LogP contribution in [0.4, 0.5) is 4.39 Å². The van der Waals surface area contributed by atoms with Crippen molar-refractivity contribution in [3.05, 3.63) is 35.4 Å². The summed E-state index contributed by atoms with van der Waals surface area (Å²) in [4.78, 5) is 0. The third kappa shape index (κ3) is 2.57.